The second-order valence-corrected chi connectivity index (χ2v) is 12.5. The summed E-state index contributed by atoms with van der Waals surface area (Å²) in [6.07, 6.45) is 7.00. The average molecular weight is 613 g/mol. The van der Waals surface area contributed by atoms with Crippen molar-refractivity contribution in [1.82, 2.24) is 9.78 Å². The summed E-state index contributed by atoms with van der Waals surface area (Å²) in [5, 5.41) is 25.2. The maximum absolute atomic E-state index is 10.4. The number of aromatic nitrogens is 2. The zero-order chi connectivity index (χ0) is 30.7. The first-order valence-corrected chi connectivity index (χ1v) is 15.4. The molecule has 2 aromatic heterocycles. The molecule has 0 saturated carbocycles. The number of nitrogens with zero attached hydrogens (tertiary/aromatic N) is 6. The van der Waals surface area contributed by atoms with E-state index in [1.807, 2.05) is 104 Å². The van der Waals surface area contributed by atoms with Crippen LogP contribution in [0.4, 0.5) is 10.7 Å². The maximum Gasteiger partial charge on any atom is 0.183 e. The van der Waals surface area contributed by atoms with E-state index in [1.165, 1.54) is 0 Å². The van der Waals surface area contributed by atoms with Crippen molar-refractivity contribution in [3.8, 4) is 11.8 Å². The van der Waals surface area contributed by atoms with E-state index >= 15 is 0 Å². The fourth-order valence-corrected chi connectivity index (χ4v) is 6.79. The molecule has 8 heteroatoms. The number of thiophene rings is 1. The predicted molar refractivity (Wildman–Crippen MR) is 181 cm³/mol. The highest BCUT2D eigenvalue weighted by molar-refractivity contribution is 7.16. The van der Waals surface area contributed by atoms with Crippen LogP contribution in [0.5, 0.6) is 0 Å². The lowest BCUT2D eigenvalue weighted by Gasteiger charge is -2.29. The van der Waals surface area contributed by atoms with Crippen LogP contribution >= 0.6 is 22.9 Å². The number of hydrogen-bond donors (Lipinski definition) is 0. The summed E-state index contributed by atoms with van der Waals surface area (Å²) in [6.45, 7) is 6.37. The largest absolute Gasteiger partial charge is 0.221 e. The Morgan fingerprint density at radius 2 is 1.64 bits per heavy atom. The van der Waals surface area contributed by atoms with Gasteiger partial charge in [0.1, 0.15) is 16.2 Å². The van der Waals surface area contributed by atoms with E-state index in [0.717, 1.165) is 50.6 Å². The summed E-state index contributed by atoms with van der Waals surface area (Å²) >= 11 is 8.34. The number of azo groups is 1. The Balaban J connectivity index is 1.39. The lowest BCUT2D eigenvalue weighted by Crippen LogP contribution is -2.20. The smallest absolute Gasteiger partial charge is 0.183 e. The van der Waals surface area contributed by atoms with E-state index < -0.39 is 0 Å². The molecular weight excluding hydrogens is 584 g/mol. The molecule has 0 aliphatic heterocycles. The number of aliphatic imine (C=N–C) groups is 1. The van der Waals surface area contributed by atoms with Gasteiger partial charge in [-0.05, 0) is 55.3 Å². The minimum absolute atomic E-state index is 0.209. The van der Waals surface area contributed by atoms with E-state index in [-0.39, 0.29) is 5.41 Å². The van der Waals surface area contributed by atoms with Crippen molar-refractivity contribution >= 4 is 51.6 Å². The molecule has 0 amide bonds. The van der Waals surface area contributed by atoms with Crippen molar-refractivity contribution in [2.75, 3.05) is 0 Å². The number of amidine groups is 1. The number of nitriles is 1. The number of aryl methyl sites for hydroxylation is 1. The average Bonchev–Trinajstić information content (AvgIpc) is 3.54. The predicted octanol–water partition coefficient (Wildman–Crippen LogP) is 10.4. The zero-order valence-electron chi connectivity index (χ0n) is 24.6. The Hall–Kier alpha value is -4.90. The SMILES string of the molecule is Cc1nn(-c2ccccc2)c(Cl)c1/C=C\C1=Cc2c(sc(/N=C(\N=Nc3ccccc3)c3ccccc3)c2C#N)C(C)(C)C1. The molecule has 6 rings (SSSR count). The Kier molecular flexibility index (Phi) is 8.21. The summed E-state index contributed by atoms with van der Waals surface area (Å²) in [6, 6.07) is 31.6. The van der Waals surface area contributed by atoms with Gasteiger partial charge in [0, 0.05) is 27.0 Å². The molecule has 0 unspecified atom stereocenters. The Bertz CT molecular complexity index is 1970. The van der Waals surface area contributed by atoms with E-state index in [2.05, 4.69) is 47.4 Å². The maximum atomic E-state index is 10.4. The normalized spacial score (nSPS) is 14.5. The van der Waals surface area contributed by atoms with Crippen molar-refractivity contribution in [1.29, 1.82) is 5.26 Å². The van der Waals surface area contributed by atoms with Gasteiger partial charge in [0.2, 0.25) is 0 Å². The van der Waals surface area contributed by atoms with Crippen molar-refractivity contribution in [3.05, 3.63) is 141 Å². The minimum Gasteiger partial charge on any atom is -0.221 e. The van der Waals surface area contributed by atoms with Gasteiger partial charge in [-0.1, -0.05) is 98.3 Å². The van der Waals surface area contributed by atoms with Gasteiger partial charge in [0.15, 0.2) is 5.84 Å². The summed E-state index contributed by atoms with van der Waals surface area (Å²) < 4.78 is 1.75. The zero-order valence-corrected chi connectivity index (χ0v) is 26.1. The van der Waals surface area contributed by atoms with Gasteiger partial charge >= 0.3 is 0 Å². The van der Waals surface area contributed by atoms with Crippen LogP contribution in [0, 0.1) is 18.3 Å². The molecule has 1 aliphatic rings. The second kappa shape index (κ2) is 12.4. The van der Waals surface area contributed by atoms with Crippen LogP contribution in [0.25, 0.3) is 17.8 Å². The molecule has 6 nitrogen and oxygen atoms in total. The second-order valence-electron chi connectivity index (χ2n) is 11.1. The fourth-order valence-electron chi connectivity index (χ4n) is 5.25. The lowest BCUT2D eigenvalue weighted by molar-refractivity contribution is 0.531. The lowest BCUT2D eigenvalue weighted by atomic mass is 9.77. The highest BCUT2D eigenvalue weighted by Crippen LogP contribution is 2.48. The fraction of sp³-hybridized carbons (Fsp3) is 0.139. The van der Waals surface area contributed by atoms with Gasteiger partial charge in [-0.3, -0.25) is 0 Å². The first kappa shape index (κ1) is 29.2. The van der Waals surface area contributed by atoms with Crippen LogP contribution in [0.3, 0.4) is 0 Å². The van der Waals surface area contributed by atoms with Gasteiger partial charge in [0.25, 0.3) is 0 Å². The van der Waals surface area contributed by atoms with Gasteiger partial charge in [-0.15, -0.1) is 21.6 Å². The van der Waals surface area contributed by atoms with E-state index in [1.54, 1.807) is 16.0 Å². The molecule has 0 atom stereocenters. The highest BCUT2D eigenvalue weighted by Gasteiger charge is 2.33. The van der Waals surface area contributed by atoms with Crippen LogP contribution in [-0.4, -0.2) is 15.6 Å². The quantitative estimate of drug-likeness (QED) is 0.109. The Labute approximate surface area is 266 Å². The number of allylic oxidation sites excluding steroid dienone is 2. The molecule has 2 heterocycles. The molecule has 216 valence electrons. The van der Waals surface area contributed by atoms with Gasteiger partial charge in [-0.25, -0.2) is 9.67 Å². The molecule has 0 saturated heterocycles. The molecule has 44 heavy (non-hydrogen) atoms. The molecule has 0 bridgehead atoms. The molecular formula is C36H29ClN6S. The van der Waals surface area contributed by atoms with E-state index in [9.17, 15) is 5.26 Å². The number of benzene rings is 3. The van der Waals surface area contributed by atoms with E-state index in [4.69, 9.17) is 16.6 Å². The van der Waals surface area contributed by atoms with Crippen LogP contribution in [0.1, 0.15) is 53.1 Å². The molecule has 0 fully saturated rings. The summed E-state index contributed by atoms with van der Waals surface area (Å²) in [4.78, 5) is 6.06. The summed E-state index contributed by atoms with van der Waals surface area (Å²) in [5.74, 6) is 0.451. The third-order valence-electron chi connectivity index (χ3n) is 7.40. The topological polar surface area (TPSA) is 78.7 Å². The highest BCUT2D eigenvalue weighted by atomic mass is 35.5. The summed E-state index contributed by atoms with van der Waals surface area (Å²) in [7, 11) is 0. The van der Waals surface area contributed by atoms with Gasteiger partial charge < -0.3 is 0 Å². The van der Waals surface area contributed by atoms with Crippen molar-refractivity contribution in [3.63, 3.8) is 0 Å². The monoisotopic (exact) mass is 612 g/mol. The Morgan fingerprint density at radius 1 is 0.977 bits per heavy atom. The molecule has 0 spiro atoms. The van der Waals surface area contributed by atoms with Crippen LogP contribution < -0.4 is 0 Å². The van der Waals surface area contributed by atoms with Crippen LogP contribution in [0.2, 0.25) is 5.15 Å². The third-order valence-corrected chi connectivity index (χ3v) is 9.23. The van der Waals surface area contributed by atoms with E-state index in [0.29, 0.717) is 21.6 Å². The van der Waals surface area contributed by atoms with Crippen LogP contribution in [0.15, 0.2) is 118 Å². The number of para-hydroxylation sites is 1. The van der Waals surface area contributed by atoms with Gasteiger partial charge in [0.05, 0.1) is 22.6 Å². The molecule has 0 radical (unpaired) electrons. The van der Waals surface area contributed by atoms with Crippen molar-refractivity contribution < 1.29 is 0 Å². The molecule has 0 N–H and O–H groups in total. The molecule has 5 aromatic rings. The molecule has 1 aliphatic carbocycles. The number of hydrogen-bond acceptors (Lipinski definition) is 5. The minimum atomic E-state index is -0.209. The number of fused-ring (bicyclic) bond motifs is 1. The van der Waals surface area contributed by atoms with Crippen LogP contribution in [-0.2, 0) is 5.41 Å². The first-order valence-electron chi connectivity index (χ1n) is 14.2. The van der Waals surface area contributed by atoms with Gasteiger partial charge in [-0.2, -0.15) is 10.4 Å². The molecule has 3 aromatic carbocycles. The summed E-state index contributed by atoms with van der Waals surface area (Å²) in [5.41, 5.74) is 6.51. The number of rotatable bonds is 6. The number of halogens is 1. The first-order chi connectivity index (χ1) is 21.3. The van der Waals surface area contributed by atoms with Crippen molar-refractivity contribution in [2.24, 2.45) is 15.2 Å². The standard InChI is InChI=1S/C36H29ClN6S/c1-24-29(33(37)43(42-24)28-17-11-6-12-18-28)20-19-25-21-30-31(23-38)35(44-32(30)36(2,3)22-25)39-34(26-13-7-4-8-14-26)41-40-27-15-9-5-10-16-27/h4-21H,22H2,1-3H3/b20-19-,39-34-,41-40?. The van der Waals surface area contributed by atoms with Crippen molar-refractivity contribution in [2.45, 2.75) is 32.6 Å². The Morgan fingerprint density at radius 3 is 2.32 bits per heavy atom. The third kappa shape index (κ3) is 5.96.